The fraction of sp³-hybridized carbons (Fsp3) is 0.286. The highest BCUT2D eigenvalue weighted by Gasteiger charge is 2.27. The van der Waals surface area contributed by atoms with Crippen LogP contribution in [-0.2, 0) is 0 Å². The van der Waals surface area contributed by atoms with E-state index in [2.05, 4.69) is 0 Å². The number of aromatic carboxylic acids is 1. The molecule has 1 aliphatic heterocycles. The standard InChI is InChI=1S/C21H22N2O6/c1-28-16-6-7-17(18(13-16)29-2)20(25)23-10-8-22(9-11-23)19(24)14-4-3-5-15(12-14)21(26)27/h3-7,12-13H,8-11H2,1-2H3,(H,26,27). The summed E-state index contributed by atoms with van der Waals surface area (Å²) >= 11 is 0. The highest BCUT2D eigenvalue weighted by Crippen LogP contribution is 2.26. The number of amides is 2. The third kappa shape index (κ3) is 4.31. The van der Waals surface area contributed by atoms with Gasteiger partial charge in [-0.15, -0.1) is 0 Å². The third-order valence-corrected chi connectivity index (χ3v) is 4.85. The second-order valence-corrected chi connectivity index (χ2v) is 6.54. The van der Waals surface area contributed by atoms with Crippen LogP contribution in [0.3, 0.4) is 0 Å². The van der Waals surface area contributed by atoms with Crippen molar-refractivity contribution in [2.45, 2.75) is 0 Å². The number of ether oxygens (including phenoxy) is 2. The molecule has 0 saturated carbocycles. The Balaban J connectivity index is 1.67. The van der Waals surface area contributed by atoms with Crippen LogP contribution in [-0.4, -0.2) is 73.1 Å². The van der Waals surface area contributed by atoms with Crippen molar-refractivity contribution in [2.75, 3.05) is 40.4 Å². The number of rotatable bonds is 5. The zero-order valence-corrected chi connectivity index (χ0v) is 16.3. The summed E-state index contributed by atoms with van der Waals surface area (Å²) in [5.41, 5.74) is 0.819. The molecule has 0 unspecified atom stereocenters. The van der Waals surface area contributed by atoms with Crippen LogP contribution in [0, 0.1) is 0 Å². The Labute approximate surface area is 168 Å². The van der Waals surface area contributed by atoms with Gasteiger partial charge >= 0.3 is 5.97 Å². The molecule has 0 radical (unpaired) electrons. The molecule has 2 amide bonds. The average molecular weight is 398 g/mol. The number of hydrogen-bond donors (Lipinski definition) is 1. The van der Waals surface area contributed by atoms with Crippen molar-refractivity contribution in [3.05, 3.63) is 59.2 Å². The minimum Gasteiger partial charge on any atom is -0.497 e. The van der Waals surface area contributed by atoms with Crippen LogP contribution in [0.25, 0.3) is 0 Å². The van der Waals surface area contributed by atoms with Crippen molar-refractivity contribution in [3.8, 4) is 11.5 Å². The number of carboxylic acids is 1. The molecule has 152 valence electrons. The van der Waals surface area contributed by atoms with Crippen LogP contribution < -0.4 is 9.47 Å². The molecule has 3 rings (SSSR count). The van der Waals surface area contributed by atoms with Gasteiger partial charge in [0.05, 0.1) is 25.3 Å². The van der Waals surface area contributed by atoms with Gasteiger partial charge in [0.25, 0.3) is 11.8 Å². The quantitative estimate of drug-likeness (QED) is 0.828. The van der Waals surface area contributed by atoms with E-state index in [0.717, 1.165) is 0 Å². The maximum atomic E-state index is 12.9. The molecule has 8 heteroatoms. The molecule has 1 heterocycles. The van der Waals surface area contributed by atoms with Crippen LogP contribution in [0.15, 0.2) is 42.5 Å². The van der Waals surface area contributed by atoms with Crippen molar-refractivity contribution >= 4 is 17.8 Å². The lowest BCUT2D eigenvalue weighted by molar-refractivity contribution is 0.0533. The first-order chi connectivity index (χ1) is 13.9. The second kappa shape index (κ2) is 8.64. The predicted octanol–water partition coefficient (Wildman–Crippen LogP) is 2.00. The van der Waals surface area contributed by atoms with Gasteiger partial charge in [-0.25, -0.2) is 4.79 Å². The Morgan fingerprint density at radius 3 is 2.03 bits per heavy atom. The minimum absolute atomic E-state index is 0.0660. The molecule has 1 fully saturated rings. The molecule has 2 aromatic rings. The lowest BCUT2D eigenvalue weighted by atomic mass is 10.1. The SMILES string of the molecule is COc1ccc(C(=O)N2CCN(C(=O)c3cccc(C(=O)O)c3)CC2)c(OC)c1. The molecular formula is C21H22N2O6. The van der Waals surface area contributed by atoms with E-state index in [0.29, 0.717) is 48.8 Å². The maximum absolute atomic E-state index is 12.9. The smallest absolute Gasteiger partial charge is 0.335 e. The highest BCUT2D eigenvalue weighted by molar-refractivity contribution is 5.99. The van der Waals surface area contributed by atoms with E-state index < -0.39 is 5.97 Å². The van der Waals surface area contributed by atoms with Crippen molar-refractivity contribution in [2.24, 2.45) is 0 Å². The number of hydrogen-bond acceptors (Lipinski definition) is 5. The summed E-state index contributed by atoms with van der Waals surface area (Å²) in [6.07, 6.45) is 0. The summed E-state index contributed by atoms with van der Waals surface area (Å²) in [6.45, 7) is 1.47. The normalized spacial score (nSPS) is 13.7. The van der Waals surface area contributed by atoms with Gasteiger partial charge in [-0.3, -0.25) is 9.59 Å². The summed E-state index contributed by atoms with van der Waals surface area (Å²) in [5, 5.41) is 9.09. The fourth-order valence-electron chi connectivity index (χ4n) is 3.23. The lowest BCUT2D eigenvalue weighted by Crippen LogP contribution is -2.50. The Kier molecular flexibility index (Phi) is 6.01. The Bertz CT molecular complexity index is 935. The molecule has 1 N–H and O–H groups in total. The van der Waals surface area contributed by atoms with Crippen LogP contribution >= 0.6 is 0 Å². The van der Waals surface area contributed by atoms with Crippen molar-refractivity contribution in [1.29, 1.82) is 0 Å². The Morgan fingerprint density at radius 2 is 1.45 bits per heavy atom. The van der Waals surface area contributed by atoms with Gasteiger partial charge in [0.2, 0.25) is 0 Å². The van der Waals surface area contributed by atoms with Gasteiger partial charge in [0.15, 0.2) is 0 Å². The van der Waals surface area contributed by atoms with Crippen LogP contribution in [0.4, 0.5) is 0 Å². The average Bonchev–Trinajstić information content (AvgIpc) is 2.77. The van der Waals surface area contributed by atoms with Gasteiger partial charge < -0.3 is 24.4 Å². The molecule has 0 atom stereocenters. The molecule has 29 heavy (non-hydrogen) atoms. The molecule has 0 aliphatic carbocycles. The second-order valence-electron chi connectivity index (χ2n) is 6.54. The molecule has 8 nitrogen and oxygen atoms in total. The molecule has 1 aliphatic rings. The molecule has 0 spiro atoms. The van der Waals surface area contributed by atoms with E-state index in [1.54, 1.807) is 47.2 Å². The maximum Gasteiger partial charge on any atom is 0.335 e. The van der Waals surface area contributed by atoms with Gasteiger partial charge in [0.1, 0.15) is 11.5 Å². The summed E-state index contributed by atoms with van der Waals surface area (Å²) < 4.78 is 10.5. The van der Waals surface area contributed by atoms with E-state index in [-0.39, 0.29) is 17.4 Å². The monoisotopic (exact) mass is 398 g/mol. The van der Waals surface area contributed by atoms with E-state index in [1.807, 2.05) is 0 Å². The number of carbonyl (C=O) groups is 3. The Hall–Kier alpha value is -3.55. The summed E-state index contributed by atoms with van der Waals surface area (Å²) in [4.78, 5) is 40.0. The summed E-state index contributed by atoms with van der Waals surface area (Å²) in [5.74, 6) is -0.481. The van der Waals surface area contributed by atoms with Gasteiger partial charge in [-0.2, -0.15) is 0 Å². The zero-order chi connectivity index (χ0) is 21.0. The Morgan fingerprint density at radius 1 is 0.828 bits per heavy atom. The van der Waals surface area contributed by atoms with Crippen molar-refractivity contribution in [3.63, 3.8) is 0 Å². The first-order valence-electron chi connectivity index (χ1n) is 9.08. The largest absolute Gasteiger partial charge is 0.497 e. The van der Waals surface area contributed by atoms with Crippen LogP contribution in [0.1, 0.15) is 31.1 Å². The topological polar surface area (TPSA) is 96.4 Å². The van der Waals surface area contributed by atoms with Crippen LogP contribution in [0.2, 0.25) is 0 Å². The third-order valence-electron chi connectivity index (χ3n) is 4.85. The van der Waals surface area contributed by atoms with Crippen molar-refractivity contribution < 1.29 is 29.0 Å². The zero-order valence-electron chi connectivity index (χ0n) is 16.3. The van der Waals surface area contributed by atoms with Gasteiger partial charge in [-0.1, -0.05) is 6.07 Å². The molecule has 0 aromatic heterocycles. The summed E-state index contributed by atoms with van der Waals surface area (Å²) in [7, 11) is 3.03. The first kappa shape index (κ1) is 20.2. The summed E-state index contributed by atoms with van der Waals surface area (Å²) in [6, 6.07) is 11.0. The first-order valence-corrected chi connectivity index (χ1v) is 9.08. The molecule has 2 aromatic carbocycles. The number of nitrogens with zero attached hydrogens (tertiary/aromatic N) is 2. The van der Waals surface area contributed by atoms with E-state index in [1.165, 1.54) is 19.2 Å². The van der Waals surface area contributed by atoms with E-state index >= 15 is 0 Å². The minimum atomic E-state index is -1.08. The lowest BCUT2D eigenvalue weighted by Gasteiger charge is -2.35. The number of benzene rings is 2. The molecule has 1 saturated heterocycles. The number of methoxy groups -OCH3 is 2. The predicted molar refractivity (Wildman–Crippen MR) is 105 cm³/mol. The highest BCUT2D eigenvalue weighted by atomic mass is 16.5. The van der Waals surface area contributed by atoms with Gasteiger partial charge in [-0.05, 0) is 30.3 Å². The number of piperazine rings is 1. The molecule has 0 bridgehead atoms. The number of carbonyl (C=O) groups excluding carboxylic acids is 2. The van der Waals surface area contributed by atoms with Gasteiger partial charge in [0, 0.05) is 37.8 Å². The fourth-order valence-corrected chi connectivity index (χ4v) is 3.23. The van der Waals surface area contributed by atoms with Crippen molar-refractivity contribution in [1.82, 2.24) is 9.80 Å². The molecular weight excluding hydrogens is 376 g/mol. The van der Waals surface area contributed by atoms with E-state index in [4.69, 9.17) is 14.6 Å². The number of carboxylic acid groups (broad SMARTS) is 1. The van der Waals surface area contributed by atoms with E-state index in [9.17, 15) is 14.4 Å². The van der Waals surface area contributed by atoms with Crippen LogP contribution in [0.5, 0.6) is 11.5 Å².